The van der Waals surface area contributed by atoms with Crippen molar-refractivity contribution in [2.75, 3.05) is 0 Å². The van der Waals surface area contributed by atoms with Gasteiger partial charge in [-0.15, -0.1) is 0 Å². The fourth-order valence-electron chi connectivity index (χ4n) is 2.65. The van der Waals surface area contributed by atoms with Crippen molar-refractivity contribution < 1.29 is 37.1 Å². The Morgan fingerprint density at radius 3 is 2.61 bits per heavy atom. The monoisotopic (exact) mass is 399 g/mol. The summed E-state index contributed by atoms with van der Waals surface area (Å²) in [6.45, 7) is 0. The van der Waals surface area contributed by atoms with Gasteiger partial charge in [0.05, 0.1) is 5.56 Å². The Hall–Kier alpha value is -3.64. The number of imidazole rings is 1. The van der Waals surface area contributed by atoms with Crippen LogP contribution < -0.4 is 21.1 Å². The Bertz CT molecular complexity index is 1000. The van der Waals surface area contributed by atoms with E-state index in [0.717, 1.165) is 12.1 Å². The normalized spacial score (nSPS) is 17.3. The average Bonchev–Trinajstić information content (AvgIpc) is 3.03. The van der Waals surface area contributed by atoms with Crippen molar-refractivity contribution >= 4 is 34.8 Å². The number of ether oxygens (including phenoxy) is 1. The SMILES string of the molecule is NC(=O)Oc1ccc(C(=O)NC2CCC(=O)NC2=O)c2nc(C(F)(F)F)[nH]c12. The van der Waals surface area contributed by atoms with Crippen LogP contribution in [-0.2, 0) is 15.8 Å². The van der Waals surface area contributed by atoms with Crippen molar-refractivity contribution in [3.8, 4) is 5.75 Å². The molecule has 1 saturated heterocycles. The van der Waals surface area contributed by atoms with Gasteiger partial charge < -0.3 is 20.8 Å². The van der Waals surface area contributed by atoms with E-state index in [9.17, 15) is 32.3 Å². The minimum atomic E-state index is -4.86. The Labute approximate surface area is 153 Å². The van der Waals surface area contributed by atoms with Crippen LogP contribution in [-0.4, -0.2) is 39.8 Å². The van der Waals surface area contributed by atoms with Crippen LogP contribution in [0.1, 0.15) is 29.0 Å². The first-order valence-electron chi connectivity index (χ1n) is 7.78. The zero-order valence-electron chi connectivity index (χ0n) is 13.8. The van der Waals surface area contributed by atoms with Gasteiger partial charge in [-0.2, -0.15) is 13.2 Å². The van der Waals surface area contributed by atoms with Crippen LogP contribution in [0.3, 0.4) is 0 Å². The number of nitrogens with one attached hydrogen (secondary N) is 3. The number of rotatable bonds is 3. The molecule has 0 radical (unpaired) electrons. The van der Waals surface area contributed by atoms with Crippen molar-refractivity contribution in [3.63, 3.8) is 0 Å². The number of benzene rings is 1. The Kier molecular flexibility index (Phi) is 4.66. The second-order valence-corrected chi connectivity index (χ2v) is 5.82. The van der Waals surface area contributed by atoms with E-state index in [1.54, 1.807) is 0 Å². The number of nitrogens with zero attached hydrogens (tertiary/aromatic N) is 1. The quantitative estimate of drug-likeness (QED) is 0.553. The number of alkyl halides is 3. The number of hydrogen-bond donors (Lipinski definition) is 4. The Balaban J connectivity index is 1.99. The fraction of sp³-hybridized carbons (Fsp3) is 0.267. The van der Waals surface area contributed by atoms with E-state index in [2.05, 4.69) is 15.0 Å². The first kappa shape index (κ1) is 19.1. The van der Waals surface area contributed by atoms with E-state index in [4.69, 9.17) is 5.73 Å². The third-order valence-corrected chi connectivity index (χ3v) is 3.87. The largest absolute Gasteiger partial charge is 0.449 e. The molecule has 1 fully saturated rings. The van der Waals surface area contributed by atoms with Crippen LogP contribution in [0.25, 0.3) is 11.0 Å². The predicted molar refractivity (Wildman–Crippen MR) is 84.9 cm³/mol. The number of H-pyrrole nitrogens is 1. The second-order valence-electron chi connectivity index (χ2n) is 5.82. The number of nitrogens with two attached hydrogens (primary N) is 1. The number of aromatic amines is 1. The van der Waals surface area contributed by atoms with E-state index in [0.29, 0.717) is 0 Å². The molecule has 3 rings (SSSR count). The van der Waals surface area contributed by atoms with Crippen LogP contribution in [0.5, 0.6) is 5.75 Å². The molecule has 1 aliphatic rings. The van der Waals surface area contributed by atoms with Crippen LogP contribution in [0.2, 0.25) is 0 Å². The molecule has 1 aromatic carbocycles. The number of carbonyl (C=O) groups excluding carboxylic acids is 4. The maximum atomic E-state index is 13.0. The van der Waals surface area contributed by atoms with Gasteiger partial charge in [0.25, 0.3) is 5.91 Å². The van der Waals surface area contributed by atoms with Crippen LogP contribution in [0.15, 0.2) is 12.1 Å². The molecule has 2 aromatic rings. The highest BCUT2D eigenvalue weighted by molar-refractivity contribution is 6.09. The number of imide groups is 1. The molecule has 4 amide bonds. The van der Waals surface area contributed by atoms with E-state index in [1.165, 1.54) is 0 Å². The minimum absolute atomic E-state index is 0.00187. The van der Waals surface area contributed by atoms with E-state index >= 15 is 0 Å². The molecule has 1 atom stereocenters. The molecule has 148 valence electrons. The number of hydrogen-bond acceptors (Lipinski definition) is 6. The van der Waals surface area contributed by atoms with Gasteiger partial charge in [-0.1, -0.05) is 0 Å². The molecule has 1 unspecified atom stereocenters. The molecule has 0 spiro atoms. The van der Waals surface area contributed by atoms with Crippen molar-refractivity contribution in [3.05, 3.63) is 23.5 Å². The number of primary amides is 1. The number of halogens is 3. The van der Waals surface area contributed by atoms with E-state index in [-0.39, 0.29) is 29.7 Å². The molecule has 0 saturated carbocycles. The third kappa shape index (κ3) is 3.72. The fourth-order valence-corrected chi connectivity index (χ4v) is 2.65. The number of piperidine rings is 1. The topological polar surface area (TPSA) is 156 Å². The molecular weight excluding hydrogens is 387 g/mol. The lowest BCUT2D eigenvalue weighted by atomic mass is 10.1. The standard InChI is InChI=1S/C15H12F3N5O5/c16-15(17,18)13-22-9-5(1-3-7(10(9)23-13)28-14(19)27)11(25)20-6-2-4-8(24)21-12(6)26/h1,3,6H,2,4H2,(H2,19,27)(H,20,25)(H,22,23)(H,21,24,26). The maximum Gasteiger partial charge on any atom is 0.449 e. The lowest BCUT2D eigenvalue weighted by Gasteiger charge is -2.21. The summed E-state index contributed by atoms with van der Waals surface area (Å²) in [6, 6.07) is 1.09. The lowest BCUT2D eigenvalue weighted by molar-refractivity contribution is -0.144. The summed E-state index contributed by atoms with van der Waals surface area (Å²) in [5, 5.41) is 4.38. The molecule has 1 aromatic heterocycles. The van der Waals surface area contributed by atoms with Gasteiger partial charge in [-0.05, 0) is 18.6 Å². The van der Waals surface area contributed by atoms with Gasteiger partial charge in [0, 0.05) is 6.42 Å². The maximum absolute atomic E-state index is 13.0. The van der Waals surface area contributed by atoms with E-state index < -0.39 is 47.4 Å². The molecule has 1 aliphatic heterocycles. The van der Waals surface area contributed by atoms with Gasteiger partial charge in [-0.3, -0.25) is 19.7 Å². The summed E-state index contributed by atoms with van der Waals surface area (Å²) in [7, 11) is 0. The number of fused-ring (bicyclic) bond motifs is 1. The summed E-state index contributed by atoms with van der Waals surface area (Å²) in [6.07, 6.45) is -6.10. The highest BCUT2D eigenvalue weighted by Crippen LogP contribution is 2.33. The van der Waals surface area contributed by atoms with Crippen molar-refractivity contribution in [1.82, 2.24) is 20.6 Å². The summed E-state index contributed by atoms with van der Waals surface area (Å²) in [5.74, 6) is -3.90. The molecule has 28 heavy (non-hydrogen) atoms. The molecule has 13 heteroatoms. The lowest BCUT2D eigenvalue weighted by Crippen LogP contribution is -2.52. The van der Waals surface area contributed by atoms with Gasteiger partial charge in [0.1, 0.15) is 17.1 Å². The molecule has 2 heterocycles. The third-order valence-electron chi connectivity index (χ3n) is 3.87. The van der Waals surface area contributed by atoms with Gasteiger partial charge in [0.2, 0.25) is 17.6 Å². The Morgan fingerprint density at radius 2 is 2.00 bits per heavy atom. The van der Waals surface area contributed by atoms with Gasteiger partial charge in [-0.25, -0.2) is 9.78 Å². The van der Waals surface area contributed by atoms with Crippen molar-refractivity contribution in [2.24, 2.45) is 5.73 Å². The molecule has 5 N–H and O–H groups in total. The summed E-state index contributed by atoms with van der Waals surface area (Å²) in [5.41, 5.74) is 3.78. The first-order chi connectivity index (χ1) is 13.1. The summed E-state index contributed by atoms with van der Waals surface area (Å²) >= 11 is 0. The van der Waals surface area contributed by atoms with Crippen LogP contribution >= 0.6 is 0 Å². The van der Waals surface area contributed by atoms with Crippen LogP contribution in [0.4, 0.5) is 18.0 Å². The Morgan fingerprint density at radius 1 is 1.29 bits per heavy atom. The highest BCUT2D eigenvalue weighted by atomic mass is 19.4. The number of aromatic nitrogens is 2. The summed E-state index contributed by atoms with van der Waals surface area (Å²) in [4.78, 5) is 51.7. The average molecular weight is 399 g/mol. The zero-order valence-corrected chi connectivity index (χ0v) is 13.8. The zero-order chi connectivity index (χ0) is 20.6. The minimum Gasteiger partial charge on any atom is -0.408 e. The first-order valence-corrected chi connectivity index (χ1v) is 7.78. The number of carbonyl (C=O) groups is 4. The molecule has 0 aliphatic carbocycles. The smallest absolute Gasteiger partial charge is 0.408 e. The molecular formula is C15H12F3N5O5. The molecule has 0 bridgehead atoms. The molecule has 10 nitrogen and oxygen atoms in total. The van der Waals surface area contributed by atoms with Crippen molar-refractivity contribution in [2.45, 2.75) is 25.1 Å². The van der Waals surface area contributed by atoms with Crippen molar-refractivity contribution in [1.29, 1.82) is 0 Å². The van der Waals surface area contributed by atoms with Gasteiger partial charge >= 0.3 is 12.3 Å². The summed E-state index contributed by atoms with van der Waals surface area (Å²) < 4.78 is 43.6. The van der Waals surface area contributed by atoms with E-state index in [1.807, 2.05) is 10.3 Å². The second kappa shape index (κ2) is 6.83. The van der Waals surface area contributed by atoms with Crippen LogP contribution in [0, 0.1) is 0 Å². The number of amides is 4. The highest BCUT2D eigenvalue weighted by Gasteiger charge is 2.36. The predicted octanol–water partition coefficient (Wildman–Crippen LogP) is 0.574. The van der Waals surface area contributed by atoms with Gasteiger partial charge in [0.15, 0.2) is 5.75 Å².